The van der Waals surface area contributed by atoms with E-state index in [4.69, 9.17) is 11.6 Å². The lowest BCUT2D eigenvalue weighted by Gasteiger charge is -2.14. The van der Waals surface area contributed by atoms with E-state index < -0.39 is 0 Å². The van der Waals surface area contributed by atoms with E-state index in [1.165, 1.54) is 23.0 Å². The molecule has 0 atom stereocenters. The van der Waals surface area contributed by atoms with Gasteiger partial charge < -0.3 is 4.57 Å². The summed E-state index contributed by atoms with van der Waals surface area (Å²) in [6.45, 7) is 1.83. The lowest BCUT2D eigenvalue weighted by atomic mass is 9.93. The summed E-state index contributed by atoms with van der Waals surface area (Å²) in [6, 6.07) is 7.93. The van der Waals surface area contributed by atoms with Crippen molar-refractivity contribution in [1.29, 1.82) is 5.26 Å². The minimum Gasteiger partial charge on any atom is -0.317 e. The summed E-state index contributed by atoms with van der Waals surface area (Å²) >= 11 is 6.16. The summed E-state index contributed by atoms with van der Waals surface area (Å²) < 4.78 is 1.47. The summed E-state index contributed by atoms with van der Waals surface area (Å²) in [5.74, 6) is 0.569. The molecule has 0 radical (unpaired) electrons. The van der Waals surface area contributed by atoms with E-state index in [2.05, 4.69) is 6.07 Å². The van der Waals surface area contributed by atoms with Gasteiger partial charge in [-0.05, 0) is 54.5 Å². The highest BCUT2D eigenvalue weighted by Crippen LogP contribution is 2.45. The second-order valence-corrected chi connectivity index (χ2v) is 6.01. The fourth-order valence-electron chi connectivity index (χ4n) is 2.74. The van der Waals surface area contributed by atoms with Gasteiger partial charge in [0.15, 0.2) is 0 Å². The topological polar surface area (TPSA) is 45.8 Å². The molecule has 21 heavy (non-hydrogen) atoms. The molecule has 3 nitrogen and oxygen atoms in total. The number of nitriles is 1. The van der Waals surface area contributed by atoms with E-state index in [1.54, 1.807) is 13.2 Å². The maximum Gasteiger partial charge on any atom is 0.268 e. The molecule has 1 aliphatic carbocycles. The third-order valence-corrected chi connectivity index (χ3v) is 4.31. The molecule has 0 spiro atoms. The third-order valence-electron chi connectivity index (χ3n) is 4.07. The Morgan fingerprint density at radius 2 is 2.05 bits per heavy atom. The lowest BCUT2D eigenvalue weighted by Crippen LogP contribution is -2.21. The average molecular weight is 299 g/mol. The number of nitrogens with zero attached hydrogens (tertiary/aromatic N) is 2. The number of aryl methyl sites for hydroxylation is 1. The molecule has 1 aliphatic rings. The van der Waals surface area contributed by atoms with Crippen LogP contribution in [0.25, 0.3) is 11.1 Å². The van der Waals surface area contributed by atoms with Crippen LogP contribution in [0, 0.1) is 18.3 Å². The van der Waals surface area contributed by atoms with Crippen molar-refractivity contribution in [3.05, 3.63) is 56.5 Å². The number of halogens is 1. The quantitative estimate of drug-likeness (QED) is 0.847. The van der Waals surface area contributed by atoms with Crippen LogP contribution in [-0.4, -0.2) is 4.57 Å². The second-order valence-electron chi connectivity index (χ2n) is 5.58. The largest absolute Gasteiger partial charge is 0.317 e. The molecule has 106 valence electrons. The van der Waals surface area contributed by atoms with Gasteiger partial charge in [-0.15, -0.1) is 0 Å². The SMILES string of the molecule is Cc1c(-c2cc(Cl)ccc2C2CC2)cn(C)c(=O)c1C#N. The zero-order valence-electron chi connectivity index (χ0n) is 12.0. The molecule has 1 fully saturated rings. The zero-order valence-corrected chi connectivity index (χ0v) is 12.7. The van der Waals surface area contributed by atoms with Gasteiger partial charge in [0.05, 0.1) is 0 Å². The Balaban J connectivity index is 2.31. The van der Waals surface area contributed by atoms with Crippen molar-refractivity contribution < 1.29 is 0 Å². The molecule has 2 aromatic rings. The molecule has 1 aromatic carbocycles. The molecule has 1 heterocycles. The van der Waals surface area contributed by atoms with Gasteiger partial charge in [-0.3, -0.25) is 4.79 Å². The smallest absolute Gasteiger partial charge is 0.268 e. The molecule has 4 heteroatoms. The van der Waals surface area contributed by atoms with E-state index in [-0.39, 0.29) is 11.1 Å². The van der Waals surface area contributed by atoms with Gasteiger partial charge in [0.1, 0.15) is 11.6 Å². The van der Waals surface area contributed by atoms with Crippen LogP contribution >= 0.6 is 11.6 Å². The Morgan fingerprint density at radius 1 is 1.33 bits per heavy atom. The van der Waals surface area contributed by atoms with Crippen LogP contribution in [0.4, 0.5) is 0 Å². The fraction of sp³-hybridized carbons (Fsp3) is 0.294. The minimum atomic E-state index is -0.256. The highest BCUT2D eigenvalue weighted by Gasteiger charge is 2.27. The Kier molecular flexibility index (Phi) is 3.35. The third kappa shape index (κ3) is 2.36. The van der Waals surface area contributed by atoms with Crippen LogP contribution in [0.15, 0.2) is 29.2 Å². The van der Waals surface area contributed by atoms with Crippen molar-refractivity contribution in [2.45, 2.75) is 25.7 Å². The van der Waals surface area contributed by atoms with Crippen molar-refractivity contribution in [1.82, 2.24) is 4.57 Å². The Morgan fingerprint density at radius 3 is 2.67 bits per heavy atom. The predicted octanol–water partition coefficient (Wildman–Crippen LogP) is 3.76. The molecule has 0 saturated heterocycles. The lowest BCUT2D eigenvalue weighted by molar-refractivity contribution is 0.852. The standard InChI is InChI=1S/C17H15ClN2O/c1-10-15(8-19)17(21)20(2)9-16(10)14-7-12(18)5-6-13(14)11-3-4-11/h5-7,9,11H,3-4H2,1-2H3. The number of hydrogen-bond acceptors (Lipinski definition) is 2. The number of hydrogen-bond donors (Lipinski definition) is 0. The summed E-state index contributed by atoms with van der Waals surface area (Å²) in [7, 11) is 1.67. The van der Waals surface area contributed by atoms with Gasteiger partial charge in [0, 0.05) is 23.8 Å². The van der Waals surface area contributed by atoms with E-state index in [0.717, 1.165) is 16.7 Å². The van der Waals surface area contributed by atoms with Crippen LogP contribution in [0.1, 0.15) is 35.4 Å². The Hall–Kier alpha value is -2.05. The van der Waals surface area contributed by atoms with Crippen LogP contribution < -0.4 is 5.56 Å². The Labute approximate surface area is 128 Å². The monoisotopic (exact) mass is 298 g/mol. The maximum atomic E-state index is 12.0. The molecular weight excluding hydrogens is 284 g/mol. The van der Waals surface area contributed by atoms with E-state index >= 15 is 0 Å². The molecule has 0 N–H and O–H groups in total. The van der Waals surface area contributed by atoms with Crippen molar-refractivity contribution in [3.63, 3.8) is 0 Å². The predicted molar refractivity (Wildman–Crippen MR) is 83.6 cm³/mol. The first-order chi connectivity index (χ1) is 10.0. The average Bonchev–Trinajstić information content (AvgIpc) is 3.28. The van der Waals surface area contributed by atoms with Crippen LogP contribution in [0.2, 0.25) is 5.02 Å². The highest BCUT2D eigenvalue weighted by atomic mass is 35.5. The molecular formula is C17H15ClN2O. The van der Waals surface area contributed by atoms with Gasteiger partial charge in [-0.1, -0.05) is 17.7 Å². The summed E-state index contributed by atoms with van der Waals surface area (Å²) in [6.07, 6.45) is 4.17. The minimum absolute atomic E-state index is 0.205. The molecule has 3 rings (SSSR count). The van der Waals surface area contributed by atoms with Crippen LogP contribution in [0.5, 0.6) is 0 Å². The molecule has 1 saturated carbocycles. The van der Waals surface area contributed by atoms with Gasteiger partial charge in [-0.25, -0.2) is 0 Å². The molecule has 0 bridgehead atoms. The number of pyridine rings is 1. The molecule has 1 aromatic heterocycles. The van der Waals surface area contributed by atoms with Gasteiger partial charge in [-0.2, -0.15) is 5.26 Å². The van der Waals surface area contributed by atoms with Crippen molar-refractivity contribution in [2.75, 3.05) is 0 Å². The summed E-state index contributed by atoms with van der Waals surface area (Å²) in [4.78, 5) is 12.0. The molecule has 0 amide bonds. The highest BCUT2D eigenvalue weighted by molar-refractivity contribution is 6.30. The first-order valence-electron chi connectivity index (χ1n) is 6.93. The van der Waals surface area contributed by atoms with Gasteiger partial charge in [0.2, 0.25) is 0 Å². The van der Waals surface area contributed by atoms with E-state index in [1.807, 2.05) is 25.1 Å². The summed E-state index contributed by atoms with van der Waals surface area (Å²) in [5.41, 5.74) is 3.88. The second kappa shape index (κ2) is 5.05. The van der Waals surface area contributed by atoms with Crippen molar-refractivity contribution in [3.8, 4) is 17.2 Å². The number of benzene rings is 1. The van der Waals surface area contributed by atoms with E-state index in [9.17, 15) is 10.1 Å². The first-order valence-corrected chi connectivity index (χ1v) is 7.31. The molecule has 0 aliphatic heterocycles. The normalized spacial score (nSPS) is 14.0. The number of rotatable bonds is 2. The van der Waals surface area contributed by atoms with Crippen LogP contribution in [0.3, 0.4) is 0 Å². The maximum absolute atomic E-state index is 12.0. The zero-order chi connectivity index (χ0) is 15.1. The summed E-state index contributed by atoms with van der Waals surface area (Å²) in [5, 5.41) is 9.92. The van der Waals surface area contributed by atoms with E-state index in [0.29, 0.717) is 10.9 Å². The molecule has 0 unspecified atom stereocenters. The Bertz CT molecular complexity index is 826. The fourth-order valence-corrected chi connectivity index (χ4v) is 2.91. The van der Waals surface area contributed by atoms with Crippen LogP contribution in [-0.2, 0) is 7.05 Å². The number of aromatic nitrogens is 1. The van der Waals surface area contributed by atoms with Crippen molar-refractivity contribution >= 4 is 11.6 Å². The van der Waals surface area contributed by atoms with Crippen molar-refractivity contribution in [2.24, 2.45) is 7.05 Å². The van der Waals surface area contributed by atoms with Gasteiger partial charge in [0.25, 0.3) is 5.56 Å². The van der Waals surface area contributed by atoms with Gasteiger partial charge >= 0.3 is 0 Å². The first kappa shape index (κ1) is 13.9.